The van der Waals surface area contributed by atoms with Crippen molar-refractivity contribution in [2.24, 2.45) is 0 Å². The third-order valence-electron chi connectivity index (χ3n) is 1.53. The quantitative estimate of drug-likeness (QED) is 0.510. The van der Waals surface area contributed by atoms with E-state index in [1.165, 1.54) is 12.8 Å². The van der Waals surface area contributed by atoms with Crippen molar-refractivity contribution in [1.29, 1.82) is 0 Å². The molecule has 0 amide bonds. The summed E-state index contributed by atoms with van der Waals surface area (Å²) in [6.45, 7) is 3.81. The molecule has 0 fully saturated rings. The molecular weight excluding hydrogens is 166 g/mol. The molecule has 0 N–H and O–H groups in total. The topological polar surface area (TPSA) is 12.9 Å². The van der Waals surface area contributed by atoms with E-state index in [2.05, 4.69) is 18.0 Å². The van der Waals surface area contributed by atoms with E-state index in [1.54, 1.807) is 0 Å². The van der Waals surface area contributed by atoms with E-state index in [0.29, 0.717) is 0 Å². The fourth-order valence-electron chi connectivity index (χ4n) is 0.888. The Morgan fingerprint density at radius 1 is 1.33 bits per heavy atom. The number of hydrogen-bond donors (Lipinski definition) is 0. The van der Waals surface area contributed by atoms with Crippen molar-refractivity contribution in [1.82, 2.24) is 4.98 Å². The maximum absolute atomic E-state index is 4.22. The summed E-state index contributed by atoms with van der Waals surface area (Å²) < 4.78 is 0. The second-order valence-corrected chi connectivity index (χ2v) is 3.69. The highest BCUT2D eigenvalue weighted by Crippen LogP contribution is 2.15. The van der Waals surface area contributed by atoms with Crippen LogP contribution in [0.2, 0.25) is 0 Å². The minimum absolute atomic E-state index is 1.04. The molecule has 0 saturated carbocycles. The van der Waals surface area contributed by atoms with Gasteiger partial charge in [0.25, 0.3) is 0 Å². The maximum Gasteiger partial charge on any atom is 0.0959 e. The van der Waals surface area contributed by atoms with Gasteiger partial charge < -0.3 is 0 Å². The standard InChI is InChI=1S/C10H14NS/c1-2-3-6-9-12-10-7-4-5-8-11-10/h4-5,7-8H,1-3,6,9H2. The second-order valence-electron chi connectivity index (χ2n) is 2.58. The van der Waals surface area contributed by atoms with Crippen LogP contribution < -0.4 is 0 Å². The van der Waals surface area contributed by atoms with Gasteiger partial charge in [0, 0.05) is 6.20 Å². The monoisotopic (exact) mass is 180 g/mol. The molecule has 65 valence electrons. The highest BCUT2D eigenvalue weighted by atomic mass is 32.2. The predicted molar refractivity (Wildman–Crippen MR) is 54.2 cm³/mol. The molecule has 0 aliphatic carbocycles. The van der Waals surface area contributed by atoms with Gasteiger partial charge in [-0.2, -0.15) is 0 Å². The zero-order valence-electron chi connectivity index (χ0n) is 7.20. The highest BCUT2D eigenvalue weighted by molar-refractivity contribution is 7.99. The van der Waals surface area contributed by atoms with Crippen LogP contribution >= 0.6 is 11.8 Å². The predicted octanol–water partition coefficient (Wildman–Crippen LogP) is 3.18. The molecule has 1 aromatic heterocycles. The minimum atomic E-state index is 1.04. The van der Waals surface area contributed by atoms with E-state index in [1.807, 2.05) is 30.1 Å². The Kier molecular flexibility index (Phi) is 4.85. The second kappa shape index (κ2) is 6.06. The Bertz CT molecular complexity index is 198. The summed E-state index contributed by atoms with van der Waals surface area (Å²) in [5, 5.41) is 1.13. The van der Waals surface area contributed by atoms with Crippen molar-refractivity contribution in [2.45, 2.75) is 24.3 Å². The van der Waals surface area contributed by atoms with Gasteiger partial charge in [-0.15, -0.1) is 11.8 Å². The number of nitrogens with zero attached hydrogens (tertiary/aromatic N) is 1. The first-order valence-corrected chi connectivity index (χ1v) is 5.25. The van der Waals surface area contributed by atoms with Gasteiger partial charge in [-0.05, 0) is 24.3 Å². The minimum Gasteiger partial charge on any atom is -0.250 e. The van der Waals surface area contributed by atoms with Crippen LogP contribution in [0.4, 0.5) is 0 Å². The smallest absolute Gasteiger partial charge is 0.0959 e. The molecule has 0 aliphatic heterocycles. The maximum atomic E-state index is 4.22. The van der Waals surface area contributed by atoms with Gasteiger partial charge in [0.1, 0.15) is 0 Å². The summed E-state index contributed by atoms with van der Waals surface area (Å²) in [7, 11) is 0. The van der Waals surface area contributed by atoms with Crippen molar-refractivity contribution in [3.8, 4) is 0 Å². The first-order valence-electron chi connectivity index (χ1n) is 4.26. The molecule has 2 heteroatoms. The van der Waals surface area contributed by atoms with Crippen LogP contribution in [0.1, 0.15) is 19.3 Å². The summed E-state index contributed by atoms with van der Waals surface area (Å²) in [6.07, 6.45) is 5.34. The number of pyridine rings is 1. The molecule has 0 unspecified atom stereocenters. The molecular formula is C10H14NS. The van der Waals surface area contributed by atoms with Crippen molar-refractivity contribution < 1.29 is 0 Å². The summed E-state index contributed by atoms with van der Waals surface area (Å²) in [5.41, 5.74) is 0. The lowest BCUT2D eigenvalue weighted by atomic mass is 10.3. The Morgan fingerprint density at radius 3 is 2.92 bits per heavy atom. The molecule has 1 radical (unpaired) electrons. The number of thioether (sulfide) groups is 1. The largest absolute Gasteiger partial charge is 0.250 e. The van der Waals surface area contributed by atoms with Gasteiger partial charge in [-0.25, -0.2) is 4.98 Å². The van der Waals surface area contributed by atoms with Gasteiger partial charge in [-0.1, -0.05) is 25.8 Å². The molecule has 0 aromatic carbocycles. The third-order valence-corrected chi connectivity index (χ3v) is 2.56. The molecule has 1 aromatic rings. The van der Waals surface area contributed by atoms with Gasteiger partial charge in [0.2, 0.25) is 0 Å². The fourth-order valence-corrected chi connectivity index (χ4v) is 1.76. The van der Waals surface area contributed by atoms with E-state index >= 15 is 0 Å². The Labute approximate surface area is 78.6 Å². The number of unbranched alkanes of at least 4 members (excludes halogenated alkanes) is 2. The van der Waals surface area contributed by atoms with Crippen LogP contribution in [0.15, 0.2) is 29.4 Å². The lowest BCUT2D eigenvalue weighted by Crippen LogP contribution is -1.82. The SMILES string of the molecule is [CH2]CCCCSc1ccccn1. The van der Waals surface area contributed by atoms with Crippen molar-refractivity contribution in [3.05, 3.63) is 31.3 Å². The van der Waals surface area contributed by atoms with E-state index in [0.717, 1.165) is 17.2 Å². The van der Waals surface area contributed by atoms with Crippen LogP contribution in [-0.2, 0) is 0 Å². The Hall–Kier alpha value is -0.500. The summed E-state index contributed by atoms with van der Waals surface area (Å²) in [4.78, 5) is 4.22. The molecule has 0 bridgehead atoms. The van der Waals surface area contributed by atoms with Crippen LogP contribution in [0.5, 0.6) is 0 Å². The Morgan fingerprint density at radius 2 is 2.25 bits per heavy atom. The number of rotatable bonds is 5. The van der Waals surface area contributed by atoms with Crippen molar-refractivity contribution in [3.63, 3.8) is 0 Å². The van der Waals surface area contributed by atoms with Crippen LogP contribution in [0.3, 0.4) is 0 Å². The molecule has 1 heterocycles. The van der Waals surface area contributed by atoms with E-state index in [4.69, 9.17) is 0 Å². The molecule has 0 aliphatic rings. The first-order chi connectivity index (χ1) is 5.93. The molecule has 1 rings (SSSR count). The normalized spacial score (nSPS) is 10.1. The van der Waals surface area contributed by atoms with Gasteiger partial charge in [0.05, 0.1) is 5.03 Å². The highest BCUT2D eigenvalue weighted by Gasteiger charge is 1.92. The fraction of sp³-hybridized carbons (Fsp3) is 0.400. The van der Waals surface area contributed by atoms with Crippen molar-refractivity contribution >= 4 is 11.8 Å². The first kappa shape index (κ1) is 9.59. The van der Waals surface area contributed by atoms with E-state index < -0.39 is 0 Å². The molecule has 1 nitrogen and oxygen atoms in total. The summed E-state index contributed by atoms with van der Waals surface area (Å²) in [5.74, 6) is 1.16. The lowest BCUT2D eigenvalue weighted by molar-refractivity contribution is 0.820. The average molecular weight is 180 g/mol. The van der Waals surface area contributed by atoms with Crippen LogP contribution in [0.25, 0.3) is 0 Å². The van der Waals surface area contributed by atoms with Crippen LogP contribution in [-0.4, -0.2) is 10.7 Å². The van der Waals surface area contributed by atoms with Gasteiger partial charge in [0.15, 0.2) is 0 Å². The summed E-state index contributed by atoms with van der Waals surface area (Å²) >= 11 is 1.82. The summed E-state index contributed by atoms with van der Waals surface area (Å²) in [6, 6.07) is 6.02. The van der Waals surface area contributed by atoms with Gasteiger partial charge in [-0.3, -0.25) is 0 Å². The van der Waals surface area contributed by atoms with Crippen LogP contribution in [0, 0.1) is 6.92 Å². The van der Waals surface area contributed by atoms with E-state index in [9.17, 15) is 0 Å². The zero-order valence-corrected chi connectivity index (χ0v) is 8.02. The van der Waals surface area contributed by atoms with Crippen molar-refractivity contribution in [2.75, 3.05) is 5.75 Å². The molecule has 12 heavy (non-hydrogen) atoms. The van der Waals surface area contributed by atoms with Gasteiger partial charge >= 0.3 is 0 Å². The Balaban J connectivity index is 2.16. The third kappa shape index (κ3) is 3.77. The van der Waals surface area contributed by atoms with E-state index in [-0.39, 0.29) is 0 Å². The lowest BCUT2D eigenvalue weighted by Gasteiger charge is -1.98. The zero-order chi connectivity index (χ0) is 8.65. The number of aromatic nitrogens is 1. The number of hydrogen-bond acceptors (Lipinski definition) is 2. The molecule has 0 atom stereocenters. The molecule has 0 saturated heterocycles. The molecule has 0 spiro atoms. The average Bonchev–Trinajstić information content (AvgIpc) is 2.14.